The van der Waals surface area contributed by atoms with Crippen LogP contribution < -0.4 is 4.74 Å². The molecule has 2 aromatic heterocycles. The Labute approximate surface area is 159 Å². The average Bonchev–Trinajstić information content (AvgIpc) is 3.10. The third-order valence-corrected chi connectivity index (χ3v) is 4.07. The van der Waals surface area contributed by atoms with Crippen molar-refractivity contribution in [1.82, 2.24) is 19.7 Å². The van der Waals surface area contributed by atoms with Crippen molar-refractivity contribution in [2.24, 2.45) is 0 Å². The number of carbonyl (C=O) groups excluding carboxylic acids is 1. The highest BCUT2D eigenvalue weighted by Gasteiger charge is 2.22. The van der Waals surface area contributed by atoms with Gasteiger partial charge in [-0.3, -0.25) is 0 Å². The first-order chi connectivity index (χ1) is 12.8. The predicted octanol–water partition coefficient (Wildman–Crippen LogP) is 4.56. The molecule has 0 N–H and O–H groups in total. The number of nitrogens with zero attached hydrogens (tertiary/aromatic N) is 4. The van der Waals surface area contributed by atoms with Crippen LogP contribution in [0.5, 0.6) is 11.6 Å². The lowest BCUT2D eigenvalue weighted by Crippen LogP contribution is -2.28. The summed E-state index contributed by atoms with van der Waals surface area (Å²) in [7, 11) is 3.38. The van der Waals surface area contributed by atoms with Gasteiger partial charge in [-0.2, -0.15) is 9.78 Å². The van der Waals surface area contributed by atoms with E-state index in [2.05, 4.69) is 25.9 Å². The van der Waals surface area contributed by atoms with Crippen LogP contribution in [0, 0.1) is 0 Å². The largest absolute Gasteiger partial charge is 0.438 e. The maximum absolute atomic E-state index is 12.5. The lowest BCUT2D eigenvalue weighted by Gasteiger charge is -2.20. The van der Waals surface area contributed by atoms with Gasteiger partial charge in [0.1, 0.15) is 5.75 Å². The quantitative estimate of drug-likeness (QED) is 0.683. The van der Waals surface area contributed by atoms with Crippen molar-refractivity contribution in [2.75, 3.05) is 14.1 Å². The highest BCUT2D eigenvalue weighted by atomic mass is 16.5. The van der Waals surface area contributed by atoms with E-state index < -0.39 is 0 Å². The number of para-hydroxylation sites is 1. The van der Waals surface area contributed by atoms with Crippen LogP contribution in [0.25, 0.3) is 11.3 Å². The minimum absolute atomic E-state index is 0.132. The predicted molar refractivity (Wildman–Crippen MR) is 105 cm³/mol. The molecule has 1 amide bonds. The van der Waals surface area contributed by atoms with Gasteiger partial charge in [0.15, 0.2) is 0 Å². The summed E-state index contributed by atoms with van der Waals surface area (Å²) >= 11 is 0. The molecule has 6 nitrogen and oxygen atoms in total. The lowest BCUT2D eigenvalue weighted by atomic mass is 9.91. The molecule has 0 aliphatic carbocycles. The second-order valence-electron chi connectivity index (χ2n) is 7.52. The molecule has 27 heavy (non-hydrogen) atoms. The molecule has 0 bridgehead atoms. The van der Waals surface area contributed by atoms with E-state index in [0.717, 1.165) is 5.69 Å². The molecule has 0 spiro atoms. The Morgan fingerprint density at radius 3 is 2.37 bits per heavy atom. The number of aromatic nitrogens is 3. The van der Waals surface area contributed by atoms with E-state index in [-0.39, 0.29) is 11.4 Å². The van der Waals surface area contributed by atoms with Crippen molar-refractivity contribution in [2.45, 2.75) is 26.2 Å². The van der Waals surface area contributed by atoms with Crippen LogP contribution in [0.4, 0.5) is 4.79 Å². The molecular formula is C21H24N4O2. The van der Waals surface area contributed by atoms with Gasteiger partial charge in [-0.25, -0.2) is 9.78 Å². The Balaban J connectivity index is 2.13. The molecule has 0 saturated carbocycles. The number of rotatable bonds is 3. The Hall–Kier alpha value is -3.15. The fraction of sp³-hybridized carbons (Fsp3) is 0.286. The molecule has 0 atom stereocenters. The maximum atomic E-state index is 12.5. The SMILES string of the molecule is CN(C)C(=O)n1nccc1-c1ccc(C(C)(C)C)nc1Oc1ccccc1. The normalized spacial score (nSPS) is 11.3. The number of hydrogen-bond donors (Lipinski definition) is 0. The molecule has 3 rings (SSSR count). The molecule has 0 saturated heterocycles. The number of hydrogen-bond acceptors (Lipinski definition) is 4. The summed E-state index contributed by atoms with van der Waals surface area (Å²) in [5.41, 5.74) is 2.11. The monoisotopic (exact) mass is 364 g/mol. The van der Waals surface area contributed by atoms with E-state index >= 15 is 0 Å². The van der Waals surface area contributed by atoms with E-state index in [1.807, 2.05) is 42.5 Å². The van der Waals surface area contributed by atoms with E-state index in [4.69, 9.17) is 9.72 Å². The van der Waals surface area contributed by atoms with Crippen LogP contribution in [0.15, 0.2) is 54.7 Å². The lowest BCUT2D eigenvalue weighted by molar-refractivity contribution is 0.216. The van der Waals surface area contributed by atoms with Gasteiger partial charge in [0.2, 0.25) is 5.88 Å². The van der Waals surface area contributed by atoms with Crippen molar-refractivity contribution in [3.8, 4) is 22.9 Å². The van der Waals surface area contributed by atoms with Crippen molar-refractivity contribution < 1.29 is 9.53 Å². The third kappa shape index (κ3) is 4.00. The van der Waals surface area contributed by atoms with Gasteiger partial charge >= 0.3 is 6.03 Å². The van der Waals surface area contributed by atoms with Crippen LogP contribution in [0.1, 0.15) is 26.5 Å². The van der Waals surface area contributed by atoms with Crippen LogP contribution in [-0.2, 0) is 5.41 Å². The molecular weight excluding hydrogens is 340 g/mol. The first-order valence-corrected chi connectivity index (χ1v) is 8.78. The molecule has 0 fully saturated rings. The van der Waals surface area contributed by atoms with Crippen LogP contribution in [-0.4, -0.2) is 39.8 Å². The molecule has 0 aliphatic rings. The van der Waals surface area contributed by atoms with Gasteiger partial charge in [0, 0.05) is 25.2 Å². The molecule has 0 unspecified atom stereocenters. The van der Waals surface area contributed by atoms with Gasteiger partial charge < -0.3 is 9.64 Å². The van der Waals surface area contributed by atoms with Gasteiger partial charge in [0.25, 0.3) is 0 Å². The number of amides is 1. The van der Waals surface area contributed by atoms with Crippen molar-refractivity contribution >= 4 is 6.03 Å². The van der Waals surface area contributed by atoms with Crippen LogP contribution in [0.2, 0.25) is 0 Å². The first kappa shape index (κ1) is 18.6. The summed E-state index contributed by atoms with van der Waals surface area (Å²) in [6.07, 6.45) is 1.60. The third-order valence-electron chi connectivity index (χ3n) is 4.07. The second kappa shape index (κ2) is 7.23. The highest BCUT2D eigenvalue weighted by molar-refractivity contribution is 5.82. The number of benzene rings is 1. The maximum Gasteiger partial charge on any atom is 0.344 e. The minimum atomic E-state index is -0.236. The smallest absolute Gasteiger partial charge is 0.344 e. The molecule has 0 aliphatic heterocycles. The summed E-state index contributed by atoms with van der Waals surface area (Å²) in [5, 5.41) is 4.18. The summed E-state index contributed by atoms with van der Waals surface area (Å²) in [5.74, 6) is 1.13. The Morgan fingerprint density at radius 2 is 1.74 bits per heavy atom. The zero-order valence-corrected chi connectivity index (χ0v) is 16.3. The standard InChI is InChI=1S/C21H24N4O2/c1-21(2,3)18-12-11-16(17-13-14-22-25(17)20(26)24(4)5)19(23-18)27-15-9-7-6-8-10-15/h6-14H,1-5H3. The summed E-state index contributed by atoms with van der Waals surface area (Å²) in [4.78, 5) is 18.7. The number of ether oxygens (including phenoxy) is 1. The highest BCUT2D eigenvalue weighted by Crippen LogP contribution is 2.34. The zero-order valence-electron chi connectivity index (χ0n) is 16.3. The number of carbonyl (C=O) groups is 1. The summed E-state index contributed by atoms with van der Waals surface area (Å²) in [6.45, 7) is 6.30. The molecule has 1 aromatic carbocycles. The fourth-order valence-electron chi connectivity index (χ4n) is 2.58. The molecule has 2 heterocycles. The minimum Gasteiger partial charge on any atom is -0.438 e. The first-order valence-electron chi connectivity index (χ1n) is 8.78. The average molecular weight is 364 g/mol. The van der Waals surface area contributed by atoms with Crippen LogP contribution in [0.3, 0.4) is 0 Å². The zero-order chi connectivity index (χ0) is 19.6. The van der Waals surface area contributed by atoms with E-state index in [1.165, 1.54) is 9.58 Å². The topological polar surface area (TPSA) is 60.2 Å². The number of pyridine rings is 1. The Kier molecular flexibility index (Phi) is 4.99. The van der Waals surface area contributed by atoms with Gasteiger partial charge in [-0.15, -0.1) is 0 Å². The van der Waals surface area contributed by atoms with Gasteiger partial charge in [-0.05, 0) is 30.3 Å². The summed E-state index contributed by atoms with van der Waals surface area (Å²) < 4.78 is 7.44. The molecule has 140 valence electrons. The van der Waals surface area contributed by atoms with E-state index in [0.29, 0.717) is 22.9 Å². The van der Waals surface area contributed by atoms with Crippen molar-refractivity contribution in [3.05, 3.63) is 60.4 Å². The van der Waals surface area contributed by atoms with E-state index in [9.17, 15) is 4.79 Å². The van der Waals surface area contributed by atoms with Crippen molar-refractivity contribution in [1.29, 1.82) is 0 Å². The Morgan fingerprint density at radius 1 is 1.04 bits per heavy atom. The van der Waals surface area contributed by atoms with Crippen molar-refractivity contribution in [3.63, 3.8) is 0 Å². The molecule has 3 aromatic rings. The molecule has 0 radical (unpaired) electrons. The summed E-state index contributed by atoms with van der Waals surface area (Å²) in [6, 6.07) is 14.9. The fourth-order valence-corrected chi connectivity index (χ4v) is 2.58. The van der Waals surface area contributed by atoms with E-state index in [1.54, 1.807) is 26.4 Å². The van der Waals surface area contributed by atoms with Gasteiger partial charge in [-0.1, -0.05) is 39.0 Å². The van der Waals surface area contributed by atoms with Gasteiger partial charge in [0.05, 0.1) is 17.5 Å². The Bertz CT molecular complexity index is 940. The second-order valence-corrected chi connectivity index (χ2v) is 7.52. The molecule has 6 heteroatoms. The van der Waals surface area contributed by atoms with Crippen LogP contribution >= 0.6 is 0 Å².